The van der Waals surface area contributed by atoms with Crippen molar-refractivity contribution in [3.05, 3.63) is 57.6 Å². The minimum Gasteiger partial charge on any atom is -0.323 e. The smallest absolute Gasteiger partial charge is 0.248 e. The van der Waals surface area contributed by atoms with Gasteiger partial charge in [0.25, 0.3) is 0 Å². The van der Waals surface area contributed by atoms with Gasteiger partial charge < -0.3 is 5.32 Å². The maximum atomic E-state index is 12.9. The Morgan fingerprint density at radius 3 is 2.22 bits per heavy atom. The summed E-state index contributed by atoms with van der Waals surface area (Å²) >= 11 is 12.1. The summed E-state index contributed by atoms with van der Waals surface area (Å²) in [5.74, 6) is -0.480. The monoisotopic (exact) mass is 428 g/mol. The second-order valence-corrected chi connectivity index (χ2v) is 9.15. The largest absolute Gasteiger partial charge is 0.323 e. The van der Waals surface area contributed by atoms with Crippen LogP contribution in [0.25, 0.3) is 0 Å². The number of hydrogen-bond donors (Lipinski definition) is 1. The molecule has 1 amide bonds. The lowest BCUT2D eigenvalue weighted by molar-refractivity contribution is -0.117. The SMILES string of the molecule is CC[C@@H](C(=O)Nc1cc(Cl)ccc1Cl)N(c1cc(C)cc(C)c1)S(C)(=O)=O. The fourth-order valence-electron chi connectivity index (χ4n) is 2.95. The second kappa shape index (κ2) is 8.50. The van der Waals surface area contributed by atoms with E-state index in [2.05, 4.69) is 5.32 Å². The Morgan fingerprint density at radius 2 is 1.70 bits per heavy atom. The van der Waals surface area contributed by atoms with E-state index in [-0.39, 0.29) is 6.42 Å². The van der Waals surface area contributed by atoms with E-state index in [0.717, 1.165) is 21.7 Å². The van der Waals surface area contributed by atoms with Crippen LogP contribution >= 0.6 is 23.2 Å². The van der Waals surface area contributed by atoms with Crippen LogP contribution < -0.4 is 9.62 Å². The van der Waals surface area contributed by atoms with E-state index >= 15 is 0 Å². The number of anilines is 2. The highest BCUT2D eigenvalue weighted by Gasteiger charge is 2.32. The van der Waals surface area contributed by atoms with Crippen LogP contribution in [-0.4, -0.2) is 26.6 Å². The summed E-state index contributed by atoms with van der Waals surface area (Å²) in [4.78, 5) is 12.9. The first kappa shape index (κ1) is 21.5. The molecule has 2 aromatic carbocycles. The Balaban J connectivity index is 2.46. The molecule has 0 aliphatic rings. The van der Waals surface area contributed by atoms with Gasteiger partial charge in [-0.2, -0.15) is 0 Å². The molecule has 0 fully saturated rings. The second-order valence-electron chi connectivity index (χ2n) is 6.44. The van der Waals surface area contributed by atoms with Crippen LogP contribution in [0.5, 0.6) is 0 Å². The molecule has 0 aliphatic carbocycles. The molecule has 2 aromatic rings. The fourth-order valence-corrected chi connectivity index (χ4v) is 4.48. The summed E-state index contributed by atoms with van der Waals surface area (Å²) < 4.78 is 26.2. The molecule has 0 bridgehead atoms. The zero-order valence-corrected chi connectivity index (χ0v) is 17.9. The van der Waals surface area contributed by atoms with Gasteiger partial charge in [-0.25, -0.2) is 8.42 Å². The number of benzene rings is 2. The van der Waals surface area contributed by atoms with E-state index in [1.807, 2.05) is 19.9 Å². The molecule has 0 aromatic heterocycles. The van der Waals surface area contributed by atoms with Gasteiger partial charge in [-0.3, -0.25) is 9.10 Å². The molecule has 0 spiro atoms. The number of rotatable bonds is 6. The van der Waals surface area contributed by atoms with Crippen molar-refractivity contribution in [1.29, 1.82) is 0 Å². The highest BCUT2D eigenvalue weighted by atomic mass is 35.5. The minimum atomic E-state index is -3.70. The minimum absolute atomic E-state index is 0.282. The molecule has 0 radical (unpaired) electrons. The number of carbonyl (C=O) groups is 1. The molecule has 146 valence electrons. The summed E-state index contributed by atoms with van der Waals surface area (Å²) in [5, 5.41) is 3.43. The number of amides is 1. The molecule has 1 N–H and O–H groups in total. The van der Waals surface area contributed by atoms with Gasteiger partial charge in [-0.15, -0.1) is 0 Å². The Hall–Kier alpha value is -1.76. The van der Waals surface area contributed by atoms with Crippen LogP contribution in [0.1, 0.15) is 24.5 Å². The molecule has 0 saturated carbocycles. The van der Waals surface area contributed by atoms with Crippen LogP contribution in [0.4, 0.5) is 11.4 Å². The Morgan fingerprint density at radius 1 is 1.11 bits per heavy atom. The predicted molar refractivity (Wildman–Crippen MR) is 112 cm³/mol. The number of nitrogens with zero attached hydrogens (tertiary/aromatic N) is 1. The van der Waals surface area contributed by atoms with Crippen LogP contribution in [0.2, 0.25) is 10.0 Å². The highest BCUT2D eigenvalue weighted by molar-refractivity contribution is 7.92. The normalized spacial score (nSPS) is 12.5. The topological polar surface area (TPSA) is 66.5 Å². The zero-order valence-electron chi connectivity index (χ0n) is 15.6. The van der Waals surface area contributed by atoms with Crippen molar-refractivity contribution in [3.8, 4) is 0 Å². The highest BCUT2D eigenvalue weighted by Crippen LogP contribution is 2.28. The first-order valence-electron chi connectivity index (χ1n) is 8.36. The van der Waals surface area contributed by atoms with Crippen LogP contribution in [0.3, 0.4) is 0 Å². The van der Waals surface area contributed by atoms with Gasteiger partial charge in [-0.05, 0) is 61.7 Å². The molecule has 2 rings (SSSR count). The average Bonchev–Trinajstić information content (AvgIpc) is 2.53. The zero-order chi connectivity index (χ0) is 20.4. The molecular weight excluding hydrogens is 407 g/mol. The summed E-state index contributed by atoms with van der Waals surface area (Å²) in [6.45, 7) is 5.51. The van der Waals surface area contributed by atoms with Crippen LogP contribution in [0, 0.1) is 13.8 Å². The molecule has 0 saturated heterocycles. The number of nitrogens with one attached hydrogen (secondary N) is 1. The van der Waals surface area contributed by atoms with Crippen molar-refractivity contribution < 1.29 is 13.2 Å². The van der Waals surface area contributed by atoms with E-state index in [0.29, 0.717) is 21.4 Å². The van der Waals surface area contributed by atoms with E-state index in [4.69, 9.17) is 23.2 Å². The summed E-state index contributed by atoms with van der Waals surface area (Å²) in [7, 11) is -3.70. The van der Waals surface area contributed by atoms with E-state index in [1.165, 1.54) is 6.07 Å². The maximum absolute atomic E-state index is 12.9. The van der Waals surface area contributed by atoms with Gasteiger partial charge in [0.05, 0.1) is 22.7 Å². The third-order valence-corrected chi connectivity index (χ3v) is 5.72. The van der Waals surface area contributed by atoms with Gasteiger partial charge in [-0.1, -0.05) is 36.2 Å². The molecule has 27 heavy (non-hydrogen) atoms. The van der Waals surface area contributed by atoms with Crippen LogP contribution in [0.15, 0.2) is 36.4 Å². The van der Waals surface area contributed by atoms with Crippen molar-refractivity contribution in [2.24, 2.45) is 0 Å². The molecule has 8 heteroatoms. The van der Waals surface area contributed by atoms with Crippen molar-refractivity contribution >= 4 is 50.5 Å². The Kier molecular flexibility index (Phi) is 6.78. The van der Waals surface area contributed by atoms with Crippen molar-refractivity contribution in [1.82, 2.24) is 0 Å². The van der Waals surface area contributed by atoms with Gasteiger partial charge in [0.15, 0.2) is 0 Å². The maximum Gasteiger partial charge on any atom is 0.248 e. The Labute approximate surface area is 170 Å². The van der Waals surface area contributed by atoms with Crippen molar-refractivity contribution in [2.45, 2.75) is 33.2 Å². The molecule has 5 nitrogen and oxygen atoms in total. The summed E-state index contributed by atoms with van der Waals surface area (Å²) in [6, 6.07) is 9.20. The first-order chi connectivity index (χ1) is 12.5. The lowest BCUT2D eigenvalue weighted by Gasteiger charge is -2.30. The number of carbonyl (C=O) groups excluding carboxylic acids is 1. The van der Waals surface area contributed by atoms with E-state index in [1.54, 1.807) is 31.2 Å². The lowest BCUT2D eigenvalue weighted by Crippen LogP contribution is -2.47. The van der Waals surface area contributed by atoms with Crippen molar-refractivity contribution in [3.63, 3.8) is 0 Å². The summed E-state index contributed by atoms with van der Waals surface area (Å²) in [6.07, 6.45) is 1.37. The number of halogens is 2. The third kappa shape index (κ3) is 5.37. The number of aryl methyl sites for hydroxylation is 2. The van der Waals surface area contributed by atoms with E-state index in [9.17, 15) is 13.2 Å². The Bertz CT molecular complexity index is 941. The average molecular weight is 429 g/mol. The standard InChI is InChI=1S/C19H22Cl2N2O3S/c1-5-18(19(24)22-17-11-14(20)6-7-16(17)21)23(27(4,25)26)15-9-12(2)8-13(3)10-15/h6-11,18H,5H2,1-4H3,(H,22,24)/t18-/m0/s1. The van der Waals surface area contributed by atoms with Crippen LogP contribution in [-0.2, 0) is 14.8 Å². The first-order valence-corrected chi connectivity index (χ1v) is 11.0. The molecular formula is C19H22Cl2N2O3S. The predicted octanol–water partition coefficient (Wildman–Crippen LogP) is 4.79. The third-order valence-electron chi connectivity index (χ3n) is 3.98. The quantitative estimate of drug-likeness (QED) is 0.718. The number of hydrogen-bond acceptors (Lipinski definition) is 3. The van der Waals surface area contributed by atoms with Gasteiger partial charge in [0.2, 0.25) is 15.9 Å². The lowest BCUT2D eigenvalue weighted by atomic mass is 10.1. The van der Waals surface area contributed by atoms with Gasteiger partial charge in [0, 0.05) is 5.02 Å². The fraction of sp³-hybridized carbons (Fsp3) is 0.316. The molecule has 0 aliphatic heterocycles. The van der Waals surface area contributed by atoms with Gasteiger partial charge >= 0.3 is 0 Å². The number of sulfonamides is 1. The molecule has 1 atom stereocenters. The van der Waals surface area contributed by atoms with Crippen molar-refractivity contribution in [2.75, 3.05) is 15.9 Å². The molecule has 0 heterocycles. The summed E-state index contributed by atoms with van der Waals surface area (Å²) in [5.41, 5.74) is 2.61. The van der Waals surface area contributed by atoms with E-state index < -0.39 is 22.0 Å². The molecule has 0 unspecified atom stereocenters. The van der Waals surface area contributed by atoms with Gasteiger partial charge in [0.1, 0.15) is 6.04 Å².